The number of nitrogens with zero attached hydrogens (tertiary/aromatic N) is 4. The fraction of sp³-hybridized carbons (Fsp3) is 0.0952. The largest absolute Gasteiger partial charge is 0.327 e. The van der Waals surface area contributed by atoms with Crippen LogP contribution >= 0.6 is 11.3 Å². The van der Waals surface area contributed by atoms with E-state index in [0.29, 0.717) is 5.56 Å². The van der Waals surface area contributed by atoms with E-state index in [1.807, 2.05) is 61.8 Å². The van der Waals surface area contributed by atoms with E-state index in [4.69, 9.17) is 10.2 Å². The van der Waals surface area contributed by atoms with Crippen molar-refractivity contribution in [1.29, 1.82) is 5.26 Å². The van der Waals surface area contributed by atoms with Crippen molar-refractivity contribution >= 4 is 34.0 Å². The zero-order chi connectivity index (χ0) is 18.1. The van der Waals surface area contributed by atoms with Crippen LogP contribution in [0.5, 0.6) is 0 Å². The minimum atomic E-state index is 0.650. The smallest absolute Gasteiger partial charge is 0.143 e. The van der Waals surface area contributed by atoms with Gasteiger partial charge < -0.3 is 4.57 Å². The van der Waals surface area contributed by atoms with Crippen LogP contribution in [0.2, 0.25) is 0 Å². The van der Waals surface area contributed by atoms with E-state index in [-0.39, 0.29) is 0 Å². The van der Waals surface area contributed by atoms with Gasteiger partial charge in [0, 0.05) is 18.1 Å². The maximum Gasteiger partial charge on any atom is 0.143 e. The number of benzene rings is 2. The van der Waals surface area contributed by atoms with E-state index in [1.54, 1.807) is 11.3 Å². The number of hydrogen-bond acceptors (Lipinski definition) is 4. The highest BCUT2D eigenvalue weighted by molar-refractivity contribution is 7.11. The van der Waals surface area contributed by atoms with Gasteiger partial charge in [0.1, 0.15) is 10.8 Å². The average Bonchev–Trinajstić information content (AvgIpc) is 3.24. The molecule has 4 aromatic rings. The Morgan fingerprint density at radius 2 is 1.88 bits per heavy atom. The molecule has 2 aromatic carbocycles. The third-order valence-corrected chi connectivity index (χ3v) is 5.22. The molecule has 2 aromatic heterocycles. The number of aromatic nitrogens is 3. The highest BCUT2D eigenvalue weighted by Gasteiger charge is 2.16. The quantitative estimate of drug-likeness (QED) is 0.530. The van der Waals surface area contributed by atoms with E-state index >= 15 is 0 Å². The topological polar surface area (TPSA) is 54.5 Å². The van der Waals surface area contributed by atoms with E-state index in [9.17, 15) is 0 Å². The van der Waals surface area contributed by atoms with Gasteiger partial charge in [0.15, 0.2) is 0 Å². The Morgan fingerprint density at radius 3 is 2.54 bits per heavy atom. The predicted octanol–water partition coefficient (Wildman–Crippen LogP) is 4.80. The van der Waals surface area contributed by atoms with Crippen LogP contribution < -0.4 is 0 Å². The summed E-state index contributed by atoms with van der Waals surface area (Å²) >= 11 is 1.61. The zero-order valence-corrected chi connectivity index (χ0v) is 15.3. The molecule has 0 N–H and O–H groups in total. The second kappa shape index (κ2) is 6.58. The number of para-hydroxylation sites is 2. The van der Waals surface area contributed by atoms with Gasteiger partial charge in [-0.25, -0.2) is 9.97 Å². The number of thiazole rings is 1. The van der Waals surface area contributed by atoms with Crippen LogP contribution in [0, 0.1) is 18.3 Å². The molecule has 4 nitrogen and oxygen atoms in total. The molecule has 0 aliphatic carbocycles. The molecule has 2 heterocycles. The van der Waals surface area contributed by atoms with Crippen LogP contribution in [0.25, 0.3) is 22.7 Å². The molecule has 0 aliphatic heterocycles. The third-order valence-electron chi connectivity index (χ3n) is 4.23. The Kier molecular flexibility index (Phi) is 4.11. The molecule has 0 spiro atoms. The molecule has 26 heavy (non-hydrogen) atoms. The van der Waals surface area contributed by atoms with E-state index in [0.717, 1.165) is 38.7 Å². The molecule has 0 saturated carbocycles. The van der Waals surface area contributed by atoms with Gasteiger partial charge in [0.25, 0.3) is 0 Å². The molecule has 0 bridgehead atoms. The Morgan fingerprint density at radius 1 is 1.12 bits per heavy atom. The fourth-order valence-electron chi connectivity index (χ4n) is 2.91. The van der Waals surface area contributed by atoms with Gasteiger partial charge in [-0.15, -0.1) is 11.3 Å². The molecule has 0 unspecified atom stereocenters. The lowest BCUT2D eigenvalue weighted by molar-refractivity contribution is 0.922. The maximum atomic E-state index is 9.00. The lowest BCUT2D eigenvalue weighted by Crippen LogP contribution is -1.99. The standard InChI is InChI=1S/C21H16N4S/c1-14-13-26-21(23-14)17(11-15-7-9-16(12-22)10-8-15)20-24-18-5-3-4-6-19(18)25(20)2/h3-11,13H,1-2H3/b17-11+. The van der Waals surface area contributed by atoms with Crippen molar-refractivity contribution in [3.8, 4) is 6.07 Å². The molecule has 126 valence electrons. The summed E-state index contributed by atoms with van der Waals surface area (Å²) in [4.78, 5) is 9.51. The van der Waals surface area contributed by atoms with E-state index in [2.05, 4.69) is 27.8 Å². The van der Waals surface area contributed by atoms with Crippen LogP contribution in [0.1, 0.15) is 27.7 Å². The summed E-state index contributed by atoms with van der Waals surface area (Å²) in [5.74, 6) is 0.880. The number of aryl methyl sites for hydroxylation is 2. The summed E-state index contributed by atoms with van der Waals surface area (Å²) in [6, 6.07) is 17.8. The molecule has 0 fully saturated rings. The Balaban J connectivity index is 1.91. The normalized spacial score (nSPS) is 11.7. The zero-order valence-electron chi connectivity index (χ0n) is 14.5. The minimum absolute atomic E-state index is 0.650. The molecule has 4 rings (SSSR count). The number of hydrogen-bond donors (Lipinski definition) is 0. The van der Waals surface area contributed by atoms with Crippen LogP contribution in [-0.4, -0.2) is 14.5 Å². The molecule has 0 radical (unpaired) electrons. The first-order chi connectivity index (χ1) is 12.7. The van der Waals surface area contributed by atoms with E-state index in [1.165, 1.54) is 0 Å². The van der Waals surface area contributed by atoms with Crippen molar-refractivity contribution in [1.82, 2.24) is 14.5 Å². The van der Waals surface area contributed by atoms with Crippen LogP contribution in [0.4, 0.5) is 0 Å². The van der Waals surface area contributed by atoms with Crippen molar-refractivity contribution in [3.63, 3.8) is 0 Å². The first kappa shape index (κ1) is 16.2. The van der Waals surface area contributed by atoms with Crippen LogP contribution in [0.15, 0.2) is 53.9 Å². The summed E-state index contributed by atoms with van der Waals surface area (Å²) in [5.41, 5.74) is 5.68. The van der Waals surface area contributed by atoms with Crippen molar-refractivity contribution in [2.45, 2.75) is 6.92 Å². The first-order valence-electron chi connectivity index (χ1n) is 8.22. The average molecular weight is 356 g/mol. The molecule has 0 atom stereocenters. The van der Waals surface area contributed by atoms with Crippen LogP contribution in [-0.2, 0) is 7.05 Å². The van der Waals surface area contributed by atoms with Crippen molar-refractivity contribution in [2.75, 3.05) is 0 Å². The predicted molar refractivity (Wildman–Crippen MR) is 106 cm³/mol. The Bertz CT molecular complexity index is 1160. The maximum absolute atomic E-state index is 9.00. The van der Waals surface area contributed by atoms with E-state index < -0.39 is 0 Å². The first-order valence-corrected chi connectivity index (χ1v) is 9.10. The summed E-state index contributed by atoms with van der Waals surface area (Å²) < 4.78 is 2.10. The molecule has 0 aliphatic rings. The highest BCUT2D eigenvalue weighted by atomic mass is 32.1. The van der Waals surface area contributed by atoms with Crippen molar-refractivity contribution in [2.24, 2.45) is 7.05 Å². The minimum Gasteiger partial charge on any atom is -0.327 e. The second-order valence-corrected chi connectivity index (χ2v) is 6.93. The van der Waals surface area contributed by atoms with Gasteiger partial charge >= 0.3 is 0 Å². The number of rotatable bonds is 3. The summed E-state index contributed by atoms with van der Waals surface area (Å²) in [7, 11) is 2.03. The van der Waals surface area contributed by atoms with Gasteiger partial charge in [-0.1, -0.05) is 24.3 Å². The van der Waals surface area contributed by atoms with Gasteiger partial charge in [-0.2, -0.15) is 5.26 Å². The monoisotopic (exact) mass is 356 g/mol. The second-order valence-electron chi connectivity index (χ2n) is 6.07. The van der Waals surface area contributed by atoms with Crippen LogP contribution in [0.3, 0.4) is 0 Å². The van der Waals surface area contributed by atoms with Gasteiger partial charge in [0.2, 0.25) is 0 Å². The van der Waals surface area contributed by atoms with Gasteiger partial charge in [-0.3, -0.25) is 0 Å². The summed E-state index contributed by atoms with van der Waals surface area (Å²) in [6.07, 6.45) is 2.08. The highest BCUT2D eigenvalue weighted by Crippen LogP contribution is 2.30. The van der Waals surface area contributed by atoms with Gasteiger partial charge in [-0.05, 0) is 42.8 Å². The lowest BCUT2D eigenvalue weighted by atomic mass is 10.1. The van der Waals surface area contributed by atoms with Gasteiger partial charge in [0.05, 0.1) is 28.2 Å². The molecule has 0 saturated heterocycles. The Labute approximate surface area is 155 Å². The summed E-state index contributed by atoms with van der Waals surface area (Å²) in [5, 5.41) is 12.0. The molecular weight excluding hydrogens is 340 g/mol. The fourth-order valence-corrected chi connectivity index (χ4v) is 3.72. The summed E-state index contributed by atoms with van der Waals surface area (Å²) in [6.45, 7) is 1.99. The molecule has 0 amide bonds. The third kappa shape index (κ3) is 2.92. The number of nitriles is 1. The van der Waals surface area contributed by atoms with Crippen molar-refractivity contribution in [3.05, 3.63) is 81.6 Å². The lowest BCUT2D eigenvalue weighted by Gasteiger charge is -2.06. The molecular formula is C21H16N4S. The van der Waals surface area contributed by atoms with Crippen molar-refractivity contribution < 1.29 is 0 Å². The number of imidazole rings is 1. The number of fused-ring (bicyclic) bond motifs is 1. The molecule has 5 heteroatoms. The SMILES string of the molecule is Cc1csc(/C(=C/c2ccc(C#N)cc2)c2nc3ccccc3n2C)n1. The Hall–Kier alpha value is -3.23.